The Morgan fingerprint density at radius 3 is 2.36 bits per heavy atom. The van der Waals surface area contributed by atoms with Crippen LogP contribution >= 0.6 is 0 Å². The molecule has 9 heteroatoms. The number of carbonyl (C=O) groups is 1. The molecule has 1 unspecified atom stereocenters. The summed E-state index contributed by atoms with van der Waals surface area (Å²) in [5.74, 6) is -0.0797. The van der Waals surface area contributed by atoms with Gasteiger partial charge in [0.15, 0.2) is 0 Å². The predicted molar refractivity (Wildman–Crippen MR) is 140 cm³/mol. The average Bonchev–Trinajstić information content (AvgIpc) is 3.23. The maximum Gasteiger partial charge on any atom is 0.494 e. The summed E-state index contributed by atoms with van der Waals surface area (Å²) in [4.78, 5) is 28.6. The van der Waals surface area contributed by atoms with Crippen LogP contribution in [-0.4, -0.2) is 64.1 Å². The van der Waals surface area contributed by atoms with Gasteiger partial charge in [-0.25, -0.2) is 4.79 Å². The zero-order valence-electron chi connectivity index (χ0n) is 21.9. The molecule has 0 spiro atoms. The molecule has 8 nitrogen and oxygen atoms in total. The molecule has 2 saturated heterocycles. The number of amides is 1. The molecule has 0 saturated carbocycles. The van der Waals surface area contributed by atoms with E-state index in [-0.39, 0.29) is 24.2 Å². The van der Waals surface area contributed by atoms with E-state index in [1.807, 2.05) is 84.0 Å². The van der Waals surface area contributed by atoms with E-state index in [4.69, 9.17) is 14.0 Å². The number of morpholine rings is 1. The van der Waals surface area contributed by atoms with Crippen LogP contribution < -0.4 is 11.2 Å². The van der Waals surface area contributed by atoms with Crippen LogP contribution in [0, 0.1) is 6.92 Å². The molecule has 1 amide bonds. The van der Waals surface area contributed by atoms with Crippen molar-refractivity contribution >= 4 is 29.5 Å². The molecule has 2 aromatic carbocycles. The monoisotopic (exact) mass is 491 g/mol. The van der Waals surface area contributed by atoms with Crippen molar-refractivity contribution in [3.05, 3.63) is 58.5 Å². The van der Waals surface area contributed by atoms with Gasteiger partial charge >= 0.3 is 12.8 Å². The van der Waals surface area contributed by atoms with Crippen molar-refractivity contribution in [2.45, 2.75) is 65.4 Å². The third-order valence-corrected chi connectivity index (χ3v) is 7.72. The van der Waals surface area contributed by atoms with Crippen molar-refractivity contribution in [2.24, 2.45) is 0 Å². The standard InChI is InChI=1S/C27H34BN3O5/c1-18-8-7-9-22-24(18)31(25(33)30(22)17-23(32)29-14-15-34-19(2)16-29)21-12-10-20(11-13-21)28-35-26(3,4)27(5,6)36-28/h7-13,19H,14-17H2,1-6H3. The van der Waals surface area contributed by atoms with Crippen LogP contribution in [0.1, 0.15) is 40.2 Å². The highest BCUT2D eigenvalue weighted by atomic mass is 16.7. The van der Waals surface area contributed by atoms with E-state index in [2.05, 4.69) is 0 Å². The quantitative estimate of drug-likeness (QED) is 0.525. The molecule has 1 aromatic heterocycles. The highest BCUT2D eigenvalue weighted by Gasteiger charge is 2.51. The molecular formula is C27H34BN3O5. The number of nitrogens with zero attached hydrogens (tertiary/aromatic N) is 3. The number of aromatic nitrogens is 2. The van der Waals surface area contributed by atoms with Crippen molar-refractivity contribution in [1.29, 1.82) is 0 Å². The van der Waals surface area contributed by atoms with Crippen molar-refractivity contribution in [3.63, 3.8) is 0 Å². The molecule has 1 atom stereocenters. The molecule has 2 fully saturated rings. The van der Waals surface area contributed by atoms with E-state index in [1.165, 1.54) is 0 Å². The largest absolute Gasteiger partial charge is 0.494 e. The second-order valence-corrected chi connectivity index (χ2v) is 10.8. The first kappa shape index (κ1) is 24.8. The van der Waals surface area contributed by atoms with Crippen LogP contribution in [0.3, 0.4) is 0 Å². The van der Waals surface area contributed by atoms with Crippen LogP contribution in [0.2, 0.25) is 0 Å². The number of imidazole rings is 1. The van der Waals surface area contributed by atoms with Gasteiger partial charge in [-0.1, -0.05) is 24.3 Å². The summed E-state index contributed by atoms with van der Waals surface area (Å²) in [7, 11) is -0.475. The maximum atomic E-state index is 13.7. The number of rotatable bonds is 4. The Balaban J connectivity index is 1.50. The van der Waals surface area contributed by atoms with E-state index in [1.54, 1.807) is 14.0 Å². The molecule has 5 rings (SSSR count). The van der Waals surface area contributed by atoms with Crippen molar-refractivity contribution in [2.75, 3.05) is 19.7 Å². The zero-order valence-corrected chi connectivity index (χ0v) is 21.9. The summed E-state index contributed by atoms with van der Waals surface area (Å²) in [6.07, 6.45) is -0.00880. The highest BCUT2D eigenvalue weighted by Crippen LogP contribution is 2.36. The van der Waals surface area contributed by atoms with Gasteiger partial charge in [0, 0.05) is 13.1 Å². The van der Waals surface area contributed by atoms with Crippen molar-refractivity contribution in [1.82, 2.24) is 14.0 Å². The average molecular weight is 491 g/mol. The van der Waals surface area contributed by atoms with Crippen LogP contribution in [0.5, 0.6) is 0 Å². The molecule has 0 radical (unpaired) electrons. The van der Waals surface area contributed by atoms with Crippen molar-refractivity contribution < 1.29 is 18.8 Å². The van der Waals surface area contributed by atoms with E-state index in [9.17, 15) is 9.59 Å². The predicted octanol–water partition coefficient (Wildman–Crippen LogP) is 2.65. The van der Waals surface area contributed by atoms with Crippen molar-refractivity contribution in [3.8, 4) is 5.69 Å². The van der Waals surface area contributed by atoms with Gasteiger partial charge in [0.1, 0.15) is 6.54 Å². The number of ether oxygens (including phenoxy) is 1. The minimum atomic E-state index is -0.475. The summed E-state index contributed by atoms with van der Waals surface area (Å²) in [6.45, 7) is 13.6. The van der Waals surface area contributed by atoms with E-state index in [0.29, 0.717) is 19.7 Å². The number of hydrogen-bond donors (Lipinski definition) is 0. The normalized spacial score (nSPS) is 21.3. The van der Waals surface area contributed by atoms with Gasteiger partial charge < -0.3 is 18.9 Å². The third-order valence-electron chi connectivity index (χ3n) is 7.72. The lowest BCUT2D eigenvalue weighted by Gasteiger charge is -2.32. The first-order chi connectivity index (χ1) is 17.0. The van der Waals surface area contributed by atoms with E-state index < -0.39 is 18.3 Å². The number of benzene rings is 2. The maximum absolute atomic E-state index is 13.7. The SMILES string of the molecule is Cc1cccc2c1n(-c1ccc(B3OC(C)(C)C(C)(C)O3)cc1)c(=O)n2CC(=O)N1CCOC(C)C1. The molecule has 0 bridgehead atoms. The molecule has 2 aliphatic rings. The summed E-state index contributed by atoms with van der Waals surface area (Å²) in [5.41, 5.74) is 3.03. The molecule has 36 heavy (non-hydrogen) atoms. The number of para-hydroxylation sites is 1. The van der Waals surface area contributed by atoms with Gasteiger partial charge in [-0.3, -0.25) is 13.9 Å². The fraction of sp³-hybridized carbons (Fsp3) is 0.481. The zero-order chi connectivity index (χ0) is 25.8. The Hall–Kier alpha value is -2.88. The molecular weight excluding hydrogens is 457 g/mol. The molecule has 2 aliphatic heterocycles. The van der Waals surface area contributed by atoms with Crippen LogP contribution in [0.4, 0.5) is 0 Å². The fourth-order valence-corrected chi connectivity index (χ4v) is 4.90. The fourth-order valence-electron chi connectivity index (χ4n) is 4.90. The van der Waals surface area contributed by atoms with Crippen LogP contribution in [0.15, 0.2) is 47.3 Å². The second-order valence-electron chi connectivity index (χ2n) is 10.8. The molecule has 0 N–H and O–H groups in total. The number of aryl methyl sites for hydroxylation is 1. The lowest BCUT2D eigenvalue weighted by molar-refractivity contribution is -0.138. The Morgan fingerprint density at radius 1 is 1.06 bits per heavy atom. The van der Waals surface area contributed by atoms with Crippen LogP contribution in [-0.2, 0) is 25.4 Å². The van der Waals surface area contributed by atoms with Gasteiger partial charge in [-0.2, -0.15) is 0 Å². The summed E-state index contributed by atoms with van der Waals surface area (Å²) in [6, 6.07) is 13.5. The van der Waals surface area contributed by atoms with Gasteiger partial charge in [-0.05, 0) is 70.8 Å². The number of carbonyl (C=O) groups excluding carboxylic acids is 1. The molecule has 3 heterocycles. The lowest BCUT2D eigenvalue weighted by Crippen LogP contribution is -2.46. The summed E-state index contributed by atoms with van der Waals surface area (Å²) >= 11 is 0. The minimum absolute atomic E-state index is 0.00880. The first-order valence-electron chi connectivity index (χ1n) is 12.5. The Kier molecular flexibility index (Phi) is 6.13. The molecule has 190 valence electrons. The van der Waals surface area contributed by atoms with E-state index in [0.717, 1.165) is 27.7 Å². The van der Waals surface area contributed by atoms with Crippen LogP contribution in [0.25, 0.3) is 16.7 Å². The van der Waals surface area contributed by atoms with Gasteiger partial charge in [0.25, 0.3) is 0 Å². The topological polar surface area (TPSA) is 74.9 Å². The summed E-state index contributed by atoms with van der Waals surface area (Å²) in [5, 5.41) is 0. The first-order valence-corrected chi connectivity index (χ1v) is 12.5. The summed E-state index contributed by atoms with van der Waals surface area (Å²) < 4.78 is 21.2. The van der Waals surface area contributed by atoms with Gasteiger partial charge in [-0.15, -0.1) is 0 Å². The highest BCUT2D eigenvalue weighted by molar-refractivity contribution is 6.62. The van der Waals surface area contributed by atoms with E-state index >= 15 is 0 Å². The number of fused-ring (bicyclic) bond motifs is 1. The minimum Gasteiger partial charge on any atom is -0.399 e. The number of hydrogen-bond acceptors (Lipinski definition) is 5. The second kappa shape index (κ2) is 8.90. The third kappa shape index (κ3) is 4.19. The Bertz CT molecular complexity index is 1340. The van der Waals surface area contributed by atoms with Gasteiger partial charge in [0.05, 0.1) is 40.6 Å². The van der Waals surface area contributed by atoms with Gasteiger partial charge in [0.2, 0.25) is 5.91 Å². The lowest BCUT2D eigenvalue weighted by atomic mass is 9.79. The molecule has 3 aromatic rings. The Morgan fingerprint density at radius 2 is 1.72 bits per heavy atom. The Labute approximate surface area is 211 Å². The molecule has 0 aliphatic carbocycles. The smallest absolute Gasteiger partial charge is 0.399 e.